The maximum Gasteiger partial charge on any atom is 0.269 e. The molecule has 12 heteroatoms. The lowest BCUT2D eigenvalue weighted by Gasteiger charge is -2.34. The Morgan fingerprint density at radius 1 is 1.25 bits per heavy atom. The lowest BCUT2D eigenvalue weighted by molar-refractivity contribution is 0.0981. The van der Waals surface area contributed by atoms with Crippen LogP contribution in [0.1, 0.15) is 51.4 Å². The van der Waals surface area contributed by atoms with Crippen LogP contribution >= 0.6 is 0 Å². The summed E-state index contributed by atoms with van der Waals surface area (Å²) < 4.78 is 34.8. The number of aromatic nitrogens is 4. The van der Waals surface area contributed by atoms with E-state index in [0.29, 0.717) is 30.0 Å². The topological polar surface area (TPSA) is 139 Å². The zero-order chi connectivity index (χ0) is 26.3. The van der Waals surface area contributed by atoms with Crippen molar-refractivity contribution in [3.05, 3.63) is 58.6 Å². The van der Waals surface area contributed by atoms with E-state index in [1.165, 1.54) is 23.0 Å². The molecular formula is C24H30N6O5S. The monoisotopic (exact) mass is 514 g/mol. The number of carbonyl (C=O) groups excluding carboxylic acids is 1. The molecule has 1 atom stereocenters. The fourth-order valence-corrected chi connectivity index (χ4v) is 5.52. The van der Waals surface area contributed by atoms with Gasteiger partial charge in [0.2, 0.25) is 5.88 Å². The fraction of sp³-hybridized carbons (Fsp3) is 0.417. The van der Waals surface area contributed by atoms with Gasteiger partial charge in [-0.05, 0) is 64.3 Å². The second-order valence-electron chi connectivity index (χ2n) is 9.84. The zero-order valence-electron chi connectivity index (χ0n) is 20.8. The summed E-state index contributed by atoms with van der Waals surface area (Å²) in [6.07, 6.45) is 3.83. The second kappa shape index (κ2) is 9.41. The highest BCUT2D eigenvalue weighted by molar-refractivity contribution is 7.90. The number of nitrogens with zero attached hydrogens (tertiary/aromatic N) is 4. The summed E-state index contributed by atoms with van der Waals surface area (Å²) in [6, 6.07) is 7.32. The number of H-pyrrole nitrogens is 1. The lowest BCUT2D eigenvalue weighted by atomic mass is 9.97. The minimum atomic E-state index is -4.41. The Kier molecular flexibility index (Phi) is 6.65. The van der Waals surface area contributed by atoms with E-state index in [9.17, 15) is 18.0 Å². The van der Waals surface area contributed by atoms with Crippen LogP contribution in [0.3, 0.4) is 0 Å². The molecule has 0 aliphatic carbocycles. The van der Waals surface area contributed by atoms with Crippen molar-refractivity contribution in [1.29, 1.82) is 0 Å². The number of nitrogens with one attached hydrogen (secondary N) is 2. The van der Waals surface area contributed by atoms with Gasteiger partial charge in [-0.1, -0.05) is 6.92 Å². The van der Waals surface area contributed by atoms with E-state index in [2.05, 4.69) is 30.9 Å². The molecule has 1 saturated heterocycles. The number of hydrogen-bond donors (Lipinski definition) is 2. The highest BCUT2D eigenvalue weighted by Crippen LogP contribution is 2.37. The van der Waals surface area contributed by atoms with Gasteiger partial charge in [0.25, 0.3) is 21.5 Å². The molecule has 2 N–H and O–H groups in total. The molecule has 1 amide bonds. The summed E-state index contributed by atoms with van der Waals surface area (Å²) in [5.41, 5.74) is -1.08. The SMILES string of the molecule is CC(C)Oc1ccn(-c2ccc(C(=O)NS(=O)(=O)c3ccc[nH]c3=O)c(N3C[C@@H](C)CC3(C)C)n2)n1. The molecule has 1 fully saturated rings. The minimum absolute atomic E-state index is 0.0476. The van der Waals surface area contributed by atoms with E-state index in [1.807, 2.05) is 23.5 Å². The van der Waals surface area contributed by atoms with Gasteiger partial charge in [0.1, 0.15) is 5.82 Å². The molecule has 3 aromatic heterocycles. The van der Waals surface area contributed by atoms with Gasteiger partial charge in [-0.25, -0.2) is 22.8 Å². The third-order valence-corrected chi connectivity index (χ3v) is 7.24. The summed E-state index contributed by atoms with van der Waals surface area (Å²) in [7, 11) is -4.41. The summed E-state index contributed by atoms with van der Waals surface area (Å²) in [5.74, 6) is 0.663. The zero-order valence-corrected chi connectivity index (χ0v) is 21.7. The Hall–Kier alpha value is -3.67. The van der Waals surface area contributed by atoms with Gasteiger partial charge in [0.05, 0.1) is 11.7 Å². The van der Waals surface area contributed by atoms with Crippen molar-refractivity contribution >= 4 is 21.7 Å². The molecule has 0 spiro atoms. The second-order valence-corrected chi connectivity index (χ2v) is 11.5. The summed E-state index contributed by atoms with van der Waals surface area (Å²) >= 11 is 0. The largest absolute Gasteiger partial charge is 0.474 e. The number of sulfonamides is 1. The van der Waals surface area contributed by atoms with Gasteiger partial charge in [-0.15, -0.1) is 5.10 Å². The van der Waals surface area contributed by atoms with Crippen LogP contribution in [0.4, 0.5) is 5.82 Å². The van der Waals surface area contributed by atoms with Crippen LogP contribution in [0.5, 0.6) is 5.88 Å². The third kappa shape index (κ3) is 5.13. The van der Waals surface area contributed by atoms with E-state index < -0.39 is 26.4 Å². The number of pyridine rings is 2. The van der Waals surface area contributed by atoms with Crippen LogP contribution < -0.4 is 19.9 Å². The van der Waals surface area contributed by atoms with Crippen LogP contribution in [0.25, 0.3) is 5.82 Å². The molecule has 1 aliphatic rings. The Bertz CT molecular complexity index is 1440. The maximum absolute atomic E-state index is 13.3. The molecule has 4 rings (SSSR count). The molecule has 0 aromatic carbocycles. The first-order valence-corrected chi connectivity index (χ1v) is 13.1. The number of aromatic amines is 1. The van der Waals surface area contributed by atoms with E-state index in [-0.39, 0.29) is 17.2 Å². The summed E-state index contributed by atoms with van der Waals surface area (Å²) in [5, 5.41) is 4.40. The highest BCUT2D eigenvalue weighted by atomic mass is 32.2. The average Bonchev–Trinajstić information content (AvgIpc) is 3.35. The van der Waals surface area contributed by atoms with Crippen molar-refractivity contribution in [2.45, 2.75) is 57.6 Å². The van der Waals surface area contributed by atoms with Crippen LogP contribution in [0.15, 0.2) is 52.4 Å². The summed E-state index contributed by atoms with van der Waals surface area (Å²) in [4.78, 5) is 33.8. The molecule has 36 heavy (non-hydrogen) atoms. The van der Waals surface area contributed by atoms with Crippen molar-refractivity contribution in [2.24, 2.45) is 5.92 Å². The molecule has 3 aromatic rings. The molecule has 192 valence electrons. The normalized spacial score (nSPS) is 17.4. The van der Waals surface area contributed by atoms with Gasteiger partial charge in [-0.2, -0.15) is 0 Å². The van der Waals surface area contributed by atoms with Crippen molar-refractivity contribution in [2.75, 3.05) is 11.4 Å². The number of amides is 1. The molecule has 11 nitrogen and oxygen atoms in total. The van der Waals surface area contributed by atoms with Gasteiger partial charge >= 0.3 is 0 Å². The minimum Gasteiger partial charge on any atom is -0.474 e. The van der Waals surface area contributed by atoms with Crippen molar-refractivity contribution in [3.8, 4) is 11.7 Å². The molecule has 0 saturated carbocycles. The van der Waals surface area contributed by atoms with Crippen LogP contribution in [0.2, 0.25) is 0 Å². The summed E-state index contributed by atoms with van der Waals surface area (Å²) in [6.45, 7) is 10.6. The molecule has 0 unspecified atom stereocenters. The number of anilines is 1. The first-order chi connectivity index (χ1) is 16.9. The Morgan fingerprint density at radius 3 is 2.64 bits per heavy atom. The predicted molar refractivity (Wildman–Crippen MR) is 134 cm³/mol. The highest BCUT2D eigenvalue weighted by Gasteiger charge is 2.39. The molecular weight excluding hydrogens is 484 g/mol. The van der Waals surface area contributed by atoms with Crippen LogP contribution in [-0.4, -0.2) is 52.3 Å². The van der Waals surface area contributed by atoms with Crippen LogP contribution in [-0.2, 0) is 10.0 Å². The number of ether oxygens (including phenoxy) is 1. The molecule has 1 aliphatic heterocycles. The Balaban J connectivity index is 1.75. The van der Waals surface area contributed by atoms with E-state index in [0.717, 1.165) is 12.5 Å². The van der Waals surface area contributed by atoms with E-state index in [1.54, 1.807) is 18.3 Å². The third-order valence-electron chi connectivity index (χ3n) is 5.89. The number of hydrogen-bond acceptors (Lipinski definition) is 8. The van der Waals surface area contributed by atoms with E-state index >= 15 is 0 Å². The fourth-order valence-electron chi connectivity index (χ4n) is 4.50. The molecule has 0 radical (unpaired) electrons. The lowest BCUT2D eigenvalue weighted by Crippen LogP contribution is -2.41. The smallest absolute Gasteiger partial charge is 0.269 e. The quantitative estimate of drug-likeness (QED) is 0.490. The predicted octanol–water partition coefficient (Wildman–Crippen LogP) is 2.49. The van der Waals surface area contributed by atoms with Gasteiger partial charge in [0.15, 0.2) is 10.7 Å². The number of carbonyl (C=O) groups is 1. The standard InChI is InChI=1S/C24H30N6O5S/c1-15(2)35-20-10-12-30(27-20)19-9-8-17(21(26-19)29-14-16(3)13-24(29,4)5)22(31)28-36(33,34)18-7-6-11-25-23(18)32/h6-12,15-16H,13-14H2,1-5H3,(H,25,32)(H,28,31)/t16-/m0/s1. The Morgan fingerprint density at radius 2 is 2.00 bits per heavy atom. The van der Waals surface area contributed by atoms with Crippen molar-refractivity contribution in [1.82, 2.24) is 24.5 Å². The molecule has 0 bridgehead atoms. The van der Waals surface area contributed by atoms with Gasteiger partial charge < -0.3 is 14.6 Å². The van der Waals surface area contributed by atoms with Crippen molar-refractivity contribution in [3.63, 3.8) is 0 Å². The van der Waals surface area contributed by atoms with Crippen molar-refractivity contribution < 1.29 is 17.9 Å². The number of rotatable bonds is 7. The first-order valence-electron chi connectivity index (χ1n) is 11.6. The molecule has 4 heterocycles. The average molecular weight is 515 g/mol. The Labute approximate surface area is 209 Å². The van der Waals surface area contributed by atoms with E-state index in [4.69, 9.17) is 9.72 Å². The van der Waals surface area contributed by atoms with Crippen LogP contribution in [0, 0.1) is 5.92 Å². The van der Waals surface area contributed by atoms with Gasteiger partial charge in [0, 0.05) is 30.5 Å². The first kappa shape index (κ1) is 25.4. The maximum atomic E-state index is 13.3. The van der Waals surface area contributed by atoms with Gasteiger partial charge in [-0.3, -0.25) is 9.59 Å².